The second-order valence-electron chi connectivity index (χ2n) is 7.73. The van der Waals surface area contributed by atoms with Crippen molar-refractivity contribution in [2.75, 3.05) is 13.2 Å². The van der Waals surface area contributed by atoms with E-state index >= 15 is 0 Å². The Kier molecular flexibility index (Phi) is 3.86. The molecule has 1 spiro atoms. The Morgan fingerprint density at radius 2 is 2.28 bits per heavy atom. The zero-order valence-electron chi connectivity index (χ0n) is 15.1. The van der Waals surface area contributed by atoms with Crippen LogP contribution in [0, 0.1) is 5.92 Å². The molecule has 1 aromatic rings. The van der Waals surface area contributed by atoms with Crippen molar-refractivity contribution in [2.45, 2.75) is 57.3 Å². The van der Waals surface area contributed by atoms with Crippen LogP contribution in [0.25, 0.3) is 0 Å². The van der Waals surface area contributed by atoms with Crippen molar-refractivity contribution < 1.29 is 14.3 Å². The normalized spacial score (nSPS) is 31.1. The Labute approximate surface area is 147 Å². The number of aryl methyl sites for hydroxylation is 2. The van der Waals surface area contributed by atoms with Gasteiger partial charge in [0.15, 0.2) is 5.72 Å². The molecular weight excluding hydrogens is 320 g/mol. The first kappa shape index (κ1) is 16.6. The second kappa shape index (κ2) is 5.83. The smallest absolute Gasteiger partial charge is 0.227 e. The van der Waals surface area contributed by atoms with Crippen LogP contribution in [-0.4, -0.2) is 62.4 Å². The average Bonchev–Trinajstić information content (AvgIpc) is 3.28. The molecule has 3 aliphatic rings. The summed E-state index contributed by atoms with van der Waals surface area (Å²) in [4.78, 5) is 29.3. The van der Waals surface area contributed by atoms with E-state index in [1.54, 1.807) is 10.9 Å². The molecule has 0 N–H and O–H groups in total. The lowest BCUT2D eigenvalue weighted by Crippen LogP contribution is -2.51. The van der Waals surface area contributed by atoms with Crippen molar-refractivity contribution in [3.05, 3.63) is 18.0 Å². The van der Waals surface area contributed by atoms with Crippen LogP contribution in [0.4, 0.5) is 0 Å². The fourth-order valence-corrected chi connectivity index (χ4v) is 4.69. The first-order valence-electron chi connectivity index (χ1n) is 9.16. The average molecular weight is 346 g/mol. The fraction of sp³-hybridized carbons (Fsp3) is 0.722. The zero-order chi connectivity index (χ0) is 17.8. The Bertz CT molecular complexity index is 700. The Morgan fingerprint density at radius 1 is 1.48 bits per heavy atom. The number of nitrogens with zero attached hydrogens (tertiary/aromatic N) is 4. The van der Waals surface area contributed by atoms with Crippen LogP contribution in [0.2, 0.25) is 0 Å². The first-order valence-corrected chi connectivity index (χ1v) is 9.16. The third kappa shape index (κ3) is 2.39. The summed E-state index contributed by atoms with van der Waals surface area (Å²) in [7, 11) is 1.89. The SMILES string of the molecule is CC(C)[C@@H]1CO[C@@]23CCN(C(=O)CCc4ccnn4C)[C@@H]2CC(=O)N13. The van der Waals surface area contributed by atoms with E-state index in [-0.39, 0.29) is 23.9 Å². The highest BCUT2D eigenvalue weighted by atomic mass is 16.5. The van der Waals surface area contributed by atoms with Gasteiger partial charge in [-0.2, -0.15) is 5.10 Å². The van der Waals surface area contributed by atoms with E-state index in [0.717, 1.165) is 12.1 Å². The monoisotopic (exact) mass is 346 g/mol. The quantitative estimate of drug-likeness (QED) is 0.814. The number of hydrogen-bond donors (Lipinski definition) is 0. The maximum absolute atomic E-state index is 12.8. The summed E-state index contributed by atoms with van der Waals surface area (Å²) in [6, 6.07) is 1.93. The summed E-state index contributed by atoms with van der Waals surface area (Å²) in [5.41, 5.74) is 0.470. The molecule has 7 nitrogen and oxygen atoms in total. The molecule has 25 heavy (non-hydrogen) atoms. The lowest BCUT2D eigenvalue weighted by molar-refractivity contribution is -0.141. The number of carbonyl (C=O) groups is 2. The van der Waals surface area contributed by atoms with Crippen molar-refractivity contribution in [1.29, 1.82) is 0 Å². The molecule has 0 unspecified atom stereocenters. The van der Waals surface area contributed by atoms with Crippen molar-refractivity contribution in [2.24, 2.45) is 13.0 Å². The standard InChI is InChI=1S/C18H26N4O3/c1-12(2)14-11-25-18-7-9-21(15(18)10-17(24)22(14)18)16(23)5-4-13-6-8-19-20(13)3/h6,8,12,14-15H,4-5,7,9-11H2,1-3H3/t14-,15+,18-/m0/s1. The number of aromatic nitrogens is 2. The molecule has 0 aliphatic carbocycles. The molecule has 0 bridgehead atoms. The molecule has 0 saturated carbocycles. The van der Waals surface area contributed by atoms with Crippen LogP contribution in [0.15, 0.2) is 12.3 Å². The largest absolute Gasteiger partial charge is 0.351 e. The highest BCUT2D eigenvalue weighted by molar-refractivity contribution is 5.85. The van der Waals surface area contributed by atoms with E-state index in [1.165, 1.54) is 0 Å². The summed E-state index contributed by atoms with van der Waals surface area (Å²) in [6.07, 6.45) is 3.97. The van der Waals surface area contributed by atoms with Crippen LogP contribution in [0.5, 0.6) is 0 Å². The number of hydrogen-bond acceptors (Lipinski definition) is 4. The van der Waals surface area contributed by atoms with Crippen LogP contribution in [-0.2, 0) is 27.8 Å². The minimum absolute atomic E-state index is 0.106. The van der Waals surface area contributed by atoms with Gasteiger partial charge in [0.2, 0.25) is 11.8 Å². The van der Waals surface area contributed by atoms with Crippen molar-refractivity contribution in [3.8, 4) is 0 Å². The molecule has 0 radical (unpaired) electrons. The predicted octanol–water partition coefficient (Wildman–Crippen LogP) is 0.937. The van der Waals surface area contributed by atoms with Crippen LogP contribution < -0.4 is 0 Å². The van der Waals surface area contributed by atoms with E-state index < -0.39 is 5.72 Å². The molecule has 0 aromatic carbocycles. The van der Waals surface area contributed by atoms with Gasteiger partial charge in [-0.05, 0) is 18.4 Å². The van der Waals surface area contributed by atoms with Gasteiger partial charge >= 0.3 is 0 Å². The predicted molar refractivity (Wildman–Crippen MR) is 90.4 cm³/mol. The highest BCUT2D eigenvalue weighted by Crippen LogP contribution is 2.48. The maximum atomic E-state index is 12.8. The Hall–Kier alpha value is -1.89. The minimum atomic E-state index is -0.575. The van der Waals surface area contributed by atoms with E-state index in [4.69, 9.17) is 4.74 Å². The summed E-state index contributed by atoms with van der Waals surface area (Å²) in [6.45, 7) is 5.50. The molecule has 3 aliphatic heterocycles. The van der Waals surface area contributed by atoms with Crippen molar-refractivity contribution in [3.63, 3.8) is 0 Å². The molecule has 4 rings (SSSR count). The molecule has 4 heterocycles. The first-order chi connectivity index (χ1) is 11.9. The Morgan fingerprint density at radius 3 is 2.96 bits per heavy atom. The molecule has 3 saturated heterocycles. The van der Waals surface area contributed by atoms with Gasteiger partial charge in [0.25, 0.3) is 0 Å². The molecule has 3 atom stereocenters. The summed E-state index contributed by atoms with van der Waals surface area (Å²) in [5, 5.41) is 4.14. The molecular formula is C18H26N4O3. The Balaban J connectivity index is 1.48. The zero-order valence-corrected chi connectivity index (χ0v) is 15.1. The van der Waals surface area contributed by atoms with E-state index in [2.05, 4.69) is 18.9 Å². The van der Waals surface area contributed by atoms with Crippen LogP contribution in [0.1, 0.15) is 38.8 Å². The molecule has 1 aromatic heterocycles. The van der Waals surface area contributed by atoms with E-state index in [1.807, 2.05) is 22.9 Å². The van der Waals surface area contributed by atoms with Crippen LogP contribution in [0.3, 0.4) is 0 Å². The van der Waals surface area contributed by atoms with Gasteiger partial charge in [-0.3, -0.25) is 14.3 Å². The third-order valence-electron chi connectivity index (χ3n) is 6.10. The van der Waals surface area contributed by atoms with Gasteiger partial charge in [-0.1, -0.05) is 13.8 Å². The minimum Gasteiger partial charge on any atom is -0.351 e. The fourth-order valence-electron chi connectivity index (χ4n) is 4.69. The molecule has 136 valence electrons. The van der Waals surface area contributed by atoms with Gasteiger partial charge in [-0.15, -0.1) is 0 Å². The maximum Gasteiger partial charge on any atom is 0.227 e. The van der Waals surface area contributed by atoms with Crippen molar-refractivity contribution >= 4 is 11.8 Å². The number of likely N-dealkylation sites (tertiary alicyclic amines) is 1. The van der Waals surface area contributed by atoms with Gasteiger partial charge in [0.1, 0.15) is 0 Å². The number of rotatable bonds is 4. The van der Waals surface area contributed by atoms with E-state index in [0.29, 0.717) is 38.3 Å². The van der Waals surface area contributed by atoms with Crippen LogP contribution >= 0.6 is 0 Å². The third-order valence-corrected chi connectivity index (χ3v) is 6.10. The summed E-state index contributed by atoms with van der Waals surface area (Å²) >= 11 is 0. The molecule has 7 heteroatoms. The molecule has 2 amide bonds. The number of carbonyl (C=O) groups excluding carboxylic acids is 2. The van der Waals surface area contributed by atoms with Gasteiger partial charge in [0.05, 0.1) is 25.1 Å². The highest BCUT2D eigenvalue weighted by Gasteiger charge is 2.65. The second-order valence-corrected chi connectivity index (χ2v) is 7.73. The summed E-state index contributed by atoms with van der Waals surface area (Å²) in [5.74, 6) is 0.594. The lowest BCUT2D eigenvalue weighted by Gasteiger charge is -2.34. The number of ether oxygens (including phenoxy) is 1. The number of amides is 2. The van der Waals surface area contributed by atoms with Gasteiger partial charge in [-0.25, -0.2) is 0 Å². The molecule has 3 fully saturated rings. The van der Waals surface area contributed by atoms with Gasteiger partial charge < -0.3 is 14.5 Å². The lowest BCUT2D eigenvalue weighted by atomic mass is 10.0. The van der Waals surface area contributed by atoms with Crippen molar-refractivity contribution in [1.82, 2.24) is 19.6 Å². The summed E-state index contributed by atoms with van der Waals surface area (Å²) < 4.78 is 7.98. The van der Waals surface area contributed by atoms with E-state index in [9.17, 15) is 9.59 Å². The topological polar surface area (TPSA) is 67.7 Å². The van der Waals surface area contributed by atoms with Gasteiger partial charge in [0, 0.05) is 38.3 Å².